The molecule has 7 nitrogen and oxygen atoms in total. The Morgan fingerprint density at radius 2 is 1.69 bits per heavy atom. The summed E-state index contributed by atoms with van der Waals surface area (Å²) < 4.78 is 11.5. The smallest absolute Gasteiger partial charge is 0.266 e. The molecular formula is C28H27ClN2O5. The lowest BCUT2D eigenvalue weighted by Gasteiger charge is -2.29. The van der Waals surface area contributed by atoms with E-state index in [1.165, 1.54) is 0 Å². The van der Waals surface area contributed by atoms with E-state index in [2.05, 4.69) is 6.92 Å². The number of carbonyl (C=O) groups is 2. The van der Waals surface area contributed by atoms with Gasteiger partial charge in [0.2, 0.25) is 5.91 Å². The number of anilines is 2. The second-order valence-corrected chi connectivity index (χ2v) is 9.14. The number of methoxy groups -OCH3 is 1. The van der Waals surface area contributed by atoms with E-state index in [0.29, 0.717) is 28.8 Å². The third-order valence-electron chi connectivity index (χ3n) is 6.50. The van der Waals surface area contributed by atoms with E-state index in [-0.39, 0.29) is 5.91 Å². The number of halogens is 1. The molecule has 8 heteroatoms. The molecule has 0 spiro atoms. The van der Waals surface area contributed by atoms with Crippen LogP contribution in [-0.4, -0.2) is 31.6 Å². The Bertz CT molecular complexity index is 1270. The minimum atomic E-state index is -0.981. The molecule has 0 aromatic heterocycles. The molecule has 0 aliphatic carbocycles. The fourth-order valence-corrected chi connectivity index (χ4v) is 4.96. The van der Waals surface area contributed by atoms with Crippen LogP contribution in [0.5, 0.6) is 11.5 Å². The lowest BCUT2D eigenvalue weighted by molar-refractivity contribution is -0.126. The highest BCUT2D eigenvalue weighted by atomic mass is 35.5. The fraction of sp³-hybridized carbons (Fsp3) is 0.286. The SMILES string of the molecule is CCCCOc1ccc([C@@H]2[C@H]3C(=O)N(c4ccccc4Cl)C(=O)[C@H]3ON2c2ccccc2)cc1OC. The van der Waals surface area contributed by atoms with Gasteiger partial charge in [0.25, 0.3) is 5.91 Å². The van der Waals surface area contributed by atoms with Crippen LogP contribution in [0.25, 0.3) is 0 Å². The predicted molar refractivity (Wildman–Crippen MR) is 137 cm³/mol. The molecule has 3 aromatic carbocycles. The lowest BCUT2D eigenvalue weighted by Crippen LogP contribution is -2.37. The number of unbranched alkanes of at least 4 members (excludes halogenated alkanes) is 1. The van der Waals surface area contributed by atoms with E-state index in [1.807, 2.05) is 48.5 Å². The largest absolute Gasteiger partial charge is 0.493 e. The summed E-state index contributed by atoms with van der Waals surface area (Å²) in [5.41, 5.74) is 1.87. The molecule has 0 saturated carbocycles. The van der Waals surface area contributed by atoms with Gasteiger partial charge in [0.05, 0.1) is 36.2 Å². The number of fused-ring (bicyclic) bond motifs is 1. The topological polar surface area (TPSA) is 68.3 Å². The second kappa shape index (κ2) is 10.2. The first-order valence-corrected chi connectivity index (χ1v) is 12.4. The summed E-state index contributed by atoms with van der Waals surface area (Å²) in [5, 5.41) is 1.98. The van der Waals surface area contributed by atoms with E-state index in [0.717, 1.165) is 29.0 Å². The van der Waals surface area contributed by atoms with Crippen molar-refractivity contribution in [3.63, 3.8) is 0 Å². The molecule has 5 rings (SSSR count). The van der Waals surface area contributed by atoms with E-state index in [1.54, 1.807) is 36.4 Å². The summed E-state index contributed by atoms with van der Waals surface area (Å²) in [4.78, 5) is 34.6. The fourth-order valence-electron chi connectivity index (χ4n) is 4.74. The molecule has 2 heterocycles. The molecule has 3 aromatic rings. The van der Waals surface area contributed by atoms with Crippen LogP contribution >= 0.6 is 11.6 Å². The van der Waals surface area contributed by atoms with Crippen molar-refractivity contribution in [2.45, 2.75) is 31.9 Å². The molecule has 36 heavy (non-hydrogen) atoms. The lowest BCUT2D eigenvalue weighted by atomic mass is 9.90. The first-order chi connectivity index (χ1) is 17.5. The van der Waals surface area contributed by atoms with Crippen molar-refractivity contribution in [2.24, 2.45) is 5.92 Å². The first-order valence-electron chi connectivity index (χ1n) is 12.0. The van der Waals surface area contributed by atoms with E-state index in [4.69, 9.17) is 25.9 Å². The maximum absolute atomic E-state index is 13.8. The summed E-state index contributed by atoms with van der Waals surface area (Å²) in [5.74, 6) is -0.384. The maximum Gasteiger partial charge on any atom is 0.266 e. The van der Waals surface area contributed by atoms with Gasteiger partial charge in [-0.15, -0.1) is 0 Å². The number of rotatable bonds is 8. The Kier molecular flexibility index (Phi) is 6.85. The number of hydroxylamine groups is 1. The number of hydrogen-bond donors (Lipinski definition) is 0. The zero-order valence-electron chi connectivity index (χ0n) is 20.1. The Balaban J connectivity index is 1.56. The highest BCUT2D eigenvalue weighted by Crippen LogP contribution is 2.49. The molecule has 0 unspecified atom stereocenters. The molecular weight excluding hydrogens is 480 g/mol. The Labute approximate surface area is 215 Å². The van der Waals surface area contributed by atoms with Gasteiger partial charge in [-0.3, -0.25) is 14.4 Å². The van der Waals surface area contributed by atoms with Crippen molar-refractivity contribution in [2.75, 3.05) is 23.7 Å². The maximum atomic E-state index is 13.8. The van der Waals surface area contributed by atoms with Crippen LogP contribution in [0, 0.1) is 5.92 Å². The third kappa shape index (κ3) is 4.18. The Morgan fingerprint density at radius 1 is 0.944 bits per heavy atom. The minimum Gasteiger partial charge on any atom is -0.493 e. The number of imide groups is 1. The number of nitrogens with zero attached hydrogens (tertiary/aromatic N) is 2. The van der Waals surface area contributed by atoms with Gasteiger partial charge in [-0.05, 0) is 48.4 Å². The predicted octanol–water partition coefficient (Wildman–Crippen LogP) is 5.58. The van der Waals surface area contributed by atoms with Crippen LogP contribution in [0.15, 0.2) is 72.8 Å². The molecule has 0 radical (unpaired) electrons. The highest BCUT2D eigenvalue weighted by Gasteiger charge is 2.60. The zero-order valence-corrected chi connectivity index (χ0v) is 20.9. The second-order valence-electron chi connectivity index (χ2n) is 8.73. The normalized spacial score (nSPS) is 21.1. The number of amides is 2. The van der Waals surface area contributed by atoms with Crippen molar-refractivity contribution in [1.29, 1.82) is 0 Å². The van der Waals surface area contributed by atoms with Crippen LogP contribution < -0.4 is 19.4 Å². The van der Waals surface area contributed by atoms with Crippen LogP contribution in [0.1, 0.15) is 31.4 Å². The van der Waals surface area contributed by atoms with Gasteiger partial charge in [0, 0.05) is 0 Å². The number of ether oxygens (including phenoxy) is 2. The van der Waals surface area contributed by atoms with Crippen molar-refractivity contribution >= 4 is 34.8 Å². The van der Waals surface area contributed by atoms with Crippen LogP contribution in [0.2, 0.25) is 5.02 Å². The van der Waals surface area contributed by atoms with E-state index < -0.39 is 24.0 Å². The average Bonchev–Trinajstić information content (AvgIpc) is 3.41. The molecule has 2 fully saturated rings. The standard InChI is InChI=1S/C28H27ClN2O5/c1-3-4-16-35-22-15-14-18(17-23(22)34-2)25-24-26(36-31(25)19-10-6-5-7-11-19)28(33)30(27(24)32)21-13-9-8-12-20(21)29/h5-15,17,24-26H,3-4,16H2,1-2H3/t24-,25-,26+/m1/s1. The van der Waals surface area contributed by atoms with Gasteiger partial charge in [-0.25, -0.2) is 9.96 Å². The molecule has 2 saturated heterocycles. The van der Waals surface area contributed by atoms with Crippen LogP contribution in [0.4, 0.5) is 11.4 Å². The van der Waals surface area contributed by atoms with Crippen molar-refractivity contribution in [3.8, 4) is 11.5 Å². The summed E-state index contributed by atoms with van der Waals surface area (Å²) in [6.07, 6.45) is 0.972. The van der Waals surface area contributed by atoms with Crippen molar-refractivity contribution in [3.05, 3.63) is 83.4 Å². The molecule has 2 aliphatic heterocycles. The number of para-hydroxylation sites is 2. The summed E-state index contributed by atoms with van der Waals surface area (Å²) in [7, 11) is 1.58. The van der Waals surface area contributed by atoms with Gasteiger partial charge < -0.3 is 9.47 Å². The molecule has 186 valence electrons. The van der Waals surface area contributed by atoms with Gasteiger partial charge in [0.1, 0.15) is 5.92 Å². The van der Waals surface area contributed by atoms with Crippen LogP contribution in [-0.2, 0) is 14.4 Å². The number of carbonyl (C=O) groups excluding carboxylic acids is 2. The minimum absolute atomic E-state index is 0.325. The summed E-state index contributed by atoms with van der Waals surface area (Å²) in [6.45, 7) is 2.68. The third-order valence-corrected chi connectivity index (χ3v) is 6.82. The zero-order chi connectivity index (χ0) is 25.2. The molecule has 0 N–H and O–H groups in total. The van der Waals surface area contributed by atoms with Crippen molar-refractivity contribution < 1.29 is 23.9 Å². The number of hydrogen-bond acceptors (Lipinski definition) is 6. The Hall–Kier alpha value is -3.55. The van der Waals surface area contributed by atoms with Gasteiger partial charge in [0.15, 0.2) is 17.6 Å². The van der Waals surface area contributed by atoms with E-state index >= 15 is 0 Å². The van der Waals surface area contributed by atoms with Gasteiger partial charge in [-0.2, -0.15) is 0 Å². The molecule has 2 amide bonds. The van der Waals surface area contributed by atoms with E-state index in [9.17, 15) is 9.59 Å². The van der Waals surface area contributed by atoms with Crippen LogP contribution in [0.3, 0.4) is 0 Å². The first kappa shape index (κ1) is 24.2. The highest BCUT2D eigenvalue weighted by molar-refractivity contribution is 6.36. The summed E-state index contributed by atoms with van der Waals surface area (Å²) in [6, 6.07) is 21.3. The average molecular weight is 507 g/mol. The molecule has 0 bridgehead atoms. The Morgan fingerprint density at radius 3 is 2.42 bits per heavy atom. The molecule has 2 aliphatic rings. The summed E-state index contributed by atoms with van der Waals surface area (Å²) >= 11 is 6.35. The molecule has 3 atom stereocenters. The quantitative estimate of drug-likeness (QED) is 0.293. The van der Waals surface area contributed by atoms with Gasteiger partial charge in [-0.1, -0.05) is 61.3 Å². The number of benzene rings is 3. The monoisotopic (exact) mass is 506 g/mol. The van der Waals surface area contributed by atoms with Crippen molar-refractivity contribution in [1.82, 2.24) is 0 Å². The van der Waals surface area contributed by atoms with Gasteiger partial charge >= 0.3 is 0 Å².